The van der Waals surface area contributed by atoms with Gasteiger partial charge in [-0.3, -0.25) is 9.36 Å². The number of carbonyl (C=O) groups is 1. The summed E-state index contributed by atoms with van der Waals surface area (Å²) in [6, 6.07) is 1.57. The number of hydrogen-bond donors (Lipinski definition) is 1. The van der Waals surface area contributed by atoms with Crippen molar-refractivity contribution in [2.24, 2.45) is 5.92 Å². The third-order valence-electron chi connectivity index (χ3n) is 4.19. The fourth-order valence-electron chi connectivity index (χ4n) is 2.78. The van der Waals surface area contributed by atoms with Crippen molar-refractivity contribution in [3.8, 4) is 0 Å². The Bertz CT molecular complexity index is 587. The molecule has 2 heterocycles. The number of ether oxygens (including phenoxy) is 2. The minimum Gasteiger partial charge on any atom is -0.463 e. The lowest BCUT2D eigenvalue weighted by Crippen LogP contribution is -2.28. The first-order valence-corrected chi connectivity index (χ1v) is 8.20. The average Bonchev–Trinajstić information content (AvgIpc) is 2.93. The Morgan fingerprint density at radius 1 is 1.52 bits per heavy atom. The summed E-state index contributed by atoms with van der Waals surface area (Å²) in [4.78, 5) is 27.3. The molecule has 7 heteroatoms. The number of unbranched alkanes of at least 4 members (excludes halogenated alkanes) is 1. The summed E-state index contributed by atoms with van der Waals surface area (Å²) >= 11 is 0. The van der Waals surface area contributed by atoms with Crippen molar-refractivity contribution in [1.29, 1.82) is 0 Å². The van der Waals surface area contributed by atoms with Gasteiger partial charge in [-0.1, -0.05) is 26.7 Å². The van der Waals surface area contributed by atoms with Crippen LogP contribution >= 0.6 is 0 Å². The molecule has 3 atom stereocenters. The molecule has 23 heavy (non-hydrogen) atoms. The van der Waals surface area contributed by atoms with Gasteiger partial charge in [-0.15, -0.1) is 0 Å². The van der Waals surface area contributed by atoms with Crippen LogP contribution in [0.4, 0.5) is 5.82 Å². The van der Waals surface area contributed by atoms with Crippen LogP contribution in [0.5, 0.6) is 0 Å². The Balaban J connectivity index is 1.97. The molecule has 0 aromatic carbocycles. The first-order valence-electron chi connectivity index (χ1n) is 8.20. The third kappa shape index (κ3) is 4.54. The third-order valence-corrected chi connectivity index (χ3v) is 4.19. The van der Waals surface area contributed by atoms with E-state index in [0.29, 0.717) is 12.8 Å². The van der Waals surface area contributed by atoms with Crippen LogP contribution in [0.25, 0.3) is 0 Å². The minimum absolute atomic E-state index is 0.192. The number of aromatic nitrogens is 2. The highest BCUT2D eigenvalue weighted by Gasteiger charge is 2.36. The molecular weight excluding hydrogens is 298 g/mol. The van der Waals surface area contributed by atoms with E-state index in [4.69, 9.17) is 15.2 Å². The van der Waals surface area contributed by atoms with Gasteiger partial charge in [0.05, 0.1) is 6.10 Å². The summed E-state index contributed by atoms with van der Waals surface area (Å²) in [6.07, 6.45) is 4.82. The molecule has 0 spiro atoms. The van der Waals surface area contributed by atoms with E-state index in [9.17, 15) is 9.59 Å². The Labute approximate surface area is 135 Å². The standard InChI is InChI=1S/C16H25N3O4/c1-3-5-6-15(20)22-10-12-11(4-2)9-14(23-12)19-8-7-13(17)18-16(19)21/h7-8,11-12,14H,3-6,9-10H2,1-2H3,(H2,17,18,21). The quantitative estimate of drug-likeness (QED) is 0.770. The predicted octanol–water partition coefficient (Wildman–Crippen LogP) is 1.87. The maximum Gasteiger partial charge on any atom is 0.351 e. The maximum absolute atomic E-state index is 11.9. The fourth-order valence-corrected chi connectivity index (χ4v) is 2.78. The first kappa shape index (κ1) is 17.5. The summed E-state index contributed by atoms with van der Waals surface area (Å²) in [6.45, 7) is 4.32. The van der Waals surface area contributed by atoms with E-state index in [1.807, 2.05) is 6.92 Å². The zero-order chi connectivity index (χ0) is 16.8. The topological polar surface area (TPSA) is 96.4 Å². The molecule has 0 radical (unpaired) electrons. The van der Waals surface area contributed by atoms with Crippen molar-refractivity contribution >= 4 is 11.8 Å². The van der Waals surface area contributed by atoms with E-state index in [-0.39, 0.29) is 36.6 Å². The van der Waals surface area contributed by atoms with Crippen LogP contribution in [0.15, 0.2) is 17.1 Å². The SMILES string of the molecule is CCCCC(=O)OCC1OC(n2ccc(N)nc2=O)CC1CC. The van der Waals surface area contributed by atoms with Crippen LogP contribution in [0.1, 0.15) is 52.2 Å². The van der Waals surface area contributed by atoms with Crippen molar-refractivity contribution in [3.05, 3.63) is 22.7 Å². The Kier molecular flexibility index (Phi) is 6.15. The van der Waals surface area contributed by atoms with Gasteiger partial charge in [0, 0.05) is 12.6 Å². The van der Waals surface area contributed by atoms with Crippen LogP contribution < -0.4 is 11.4 Å². The number of nitrogen functional groups attached to an aromatic ring is 1. The van der Waals surface area contributed by atoms with Gasteiger partial charge >= 0.3 is 11.7 Å². The zero-order valence-corrected chi connectivity index (χ0v) is 13.7. The van der Waals surface area contributed by atoms with E-state index in [0.717, 1.165) is 19.3 Å². The van der Waals surface area contributed by atoms with Crippen LogP contribution in [-0.2, 0) is 14.3 Å². The molecule has 2 N–H and O–H groups in total. The summed E-state index contributed by atoms with van der Waals surface area (Å²) in [5.74, 6) is 0.237. The smallest absolute Gasteiger partial charge is 0.351 e. The molecule has 128 valence electrons. The van der Waals surface area contributed by atoms with Crippen LogP contribution in [-0.4, -0.2) is 28.2 Å². The van der Waals surface area contributed by atoms with E-state index in [1.54, 1.807) is 12.3 Å². The molecule has 0 bridgehead atoms. The van der Waals surface area contributed by atoms with Gasteiger partial charge in [-0.2, -0.15) is 4.98 Å². The lowest BCUT2D eigenvalue weighted by Gasteiger charge is -2.17. The number of nitrogens with two attached hydrogens (primary N) is 1. The van der Waals surface area contributed by atoms with Crippen LogP contribution in [0.2, 0.25) is 0 Å². The normalized spacial score (nSPS) is 23.8. The van der Waals surface area contributed by atoms with Crippen molar-refractivity contribution in [2.75, 3.05) is 12.3 Å². The zero-order valence-electron chi connectivity index (χ0n) is 13.7. The van der Waals surface area contributed by atoms with Gasteiger partial charge in [0.2, 0.25) is 0 Å². The fraction of sp³-hybridized carbons (Fsp3) is 0.688. The highest BCUT2D eigenvalue weighted by molar-refractivity contribution is 5.69. The predicted molar refractivity (Wildman–Crippen MR) is 85.7 cm³/mol. The molecule has 0 aliphatic carbocycles. The molecule has 1 aromatic rings. The summed E-state index contributed by atoms with van der Waals surface area (Å²) in [5.41, 5.74) is 5.08. The van der Waals surface area contributed by atoms with Gasteiger partial charge < -0.3 is 15.2 Å². The van der Waals surface area contributed by atoms with E-state index in [1.165, 1.54) is 4.57 Å². The first-order chi connectivity index (χ1) is 11.0. The van der Waals surface area contributed by atoms with Gasteiger partial charge in [0.25, 0.3) is 0 Å². The van der Waals surface area contributed by atoms with Gasteiger partial charge in [-0.25, -0.2) is 4.79 Å². The molecule has 1 aliphatic rings. The summed E-state index contributed by atoms with van der Waals surface area (Å²) in [7, 11) is 0. The highest BCUT2D eigenvalue weighted by atomic mass is 16.6. The monoisotopic (exact) mass is 323 g/mol. The Morgan fingerprint density at radius 3 is 2.96 bits per heavy atom. The van der Waals surface area contributed by atoms with Crippen molar-refractivity contribution in [1.82, 2.24) is 9.55 Å². The average molecular weight is 323 g/mol. The molecule has 1 aliphatic heterocycles. The number of nitrogens with zero attached hydrogens (tertiary/aromatic N) is 2. The maximum atomic E-state index is 11.9. The molecule has 1 aromatic heterocycles. The molecule has 2 rings (SSSR count). The lowest BCUT2D eigenvalue weighted by atomic mass is 9.98. The number of anilines is 1. The molecular formula is C16H25N3O4. The molecule has 3 unspecified atom stereocenters. The summed E-state index contributed by atoms with van der Waals surface area (Å²) < 4.78 is 12.7. The van der Waals surface area contributed by atoms with E-state index >= 15 is 0 Å². The number of carbonyl (C=O) groups excluding carboxylic acids is 1. The van der Waals surface area contributed by atoms with Gasteiger partial charge in [0.15, 0.2) is 0 Å². The Hall–Kier alpha value is -1.89. The second-order valence-electron chi connectivity index (χ2n) is 5.86. The van der Waals surface area contributed by atoms with Crippen molar-refractivity contribution in [3.63, 3.8) is 0 Å². The molecule has 0 amide bonds. The molecule has 1 fully saturated rings. The number of rotatable bonds is 7. The number of hydrogen-bond acceptors (Lipinski definition) is 6. The van der Waals surface area contributed by atoms with Crippen molar-refractivity contribution in [2.45, 2.75) is 58.3 Å². The van der Waals surface area contributed by atoms with Crippen LogP contribution in [0.3, 0.4) is 0 Å². The molecule has 0 saturated carbocycles. The second-order valence-corrected chi connectivity index (χ2v) is 5.86. The molecule has 1 saturated heterocycles. The van der Waals surface area contributed by atoms with Gasteiger partial charge in [-0.05, 0) is 24.8 Å². The highest BCUT2D eigenvalue weighted by Crippen LogP contribution is 2.34. The van der Waals surface area contributed by atoms with E-state index < -0.39 is 5.69 Å². The Morgan fingerprint density at radius 2 is 2.30 bits per heavy atom. The van der Waals surface area contributed by atoms with Crippen molar-refractivity contribution < 1.29 is 14.3 Å². The summed E-state index contributed by atoms with van der Waals surface area (Å²) in [5, 5.41) is 0. The minimum atomic E-state index is -0.426. The second kappa shape index (κ2) is 8.10. The largest absolute Gasteiger partial charge is 0.463 e. The van der Waals surface area contributed by atoms with Gasteiger partial charge in [0.1, 0.15) is 18.7 Å². The lowest BCUT2D eigenvalue weighted by molar-refractivity contribution is -0.149. The molecule has 7 nitrogen and oxygen atoms in total. The number of esters is 1. The van der Waals surface area contributed by atoms with Crippen LogP contribution in [0, 0.1) is 5.92 Å². The van der Waals surface area contributed by atoms with E-state index in [2.05, 4.69) is 11.9 Å².